The van der Waals surface area contributed by atoms with Crippen molar-refractivity contribution in [3.05, 3.63) is 53.9 Å². The number of nitrogens with one attached hydrogen (secondary N) is 2. The molecule has 1 aliphatic rings. The van der Waals surface area contributed by atoms with Crippen molar-refractivity contribution in [2.75, 3.05) is 31.7 Å². The first-order chi connectivity index (χ1) is 17.2. The van der Waals surface area contributed by atoms with Crippen molar-refractivity contribution in [1.82, 2.24) is 20.2 Å². The van der Waals surface area contributed by atoms with E-state index in [9.17, 15) is 9.59 Å². The molecule has 0 unspecified atom stereocenters. The van der Waals surface area contributed by atoms with Crippen molar-refractivity contribution in [1.29, 1.82) is 5.26 Å². The summed E-state index contributed by atoms with van der Waals surface area (Å²) in [6.07, 6.45) is 4.29. The molecule has 0 radical (unpaired) electrons. The molecular weight excluding hydrogens is 462 g/mol. The molecule has 0 aliphatic carbocycles. The number of nitriles is 1. The van der Waals surface area contributed by atoms with Crippen molar-refractivity contribution >= 4 is 23.8 Å². The summed E-state index contributed by atoms with van der Waals surface area (Å²) in [5, 5.41) is 15.3. The SMILES string of the molecule is CCOC(=O)c1cnc(NCCNC2=NCN(C(=O)OC(C)(C)C)C=C2)nc1-c1ccc(C#N)cc1. The Kier molecular flexibility index (Phi) is 8.57. The zero-order chi connectivity index (χ0) is 26.1. The highest BCUT2D eigenvalue weighted by molar-refractivity contribution is 5.96. The number of rotatable bonds is 7. The van der Waals surface area contributed by atoms with Crippen LogP contribution in [-0.4, -0.2) is 64.7 Å². The van der Waals surface area contributed by atoms with Gasteiger partial charge < -0.3 is 20.1 Å². The van der Waals surface area contributed by atoms with Gasteiger partial charge in [-0.05, 0) is 45.9 Å². The van der Waals surface area contributed by atoms with Gasteiger partial charge in [-0.3, -0.25) is 4.90 Å². The lowest BCUT2D eigenvalue weighted by Gasteiger charge is -2.25. The third-order valence-corrected chi connectivity index (χ3v) is 4.72. The number of amides is 1. The predicted molar refractivity (Wildman–Crippen MR) is 134 cm³/mol. The number of ether oxygens (including phenoxy) is 2. The summed E-state index contributed by atoms with van der Waals surface area (Å²) in [7, 11) is 0. The Morgan fingerprint density at radius 2 is 1.89 bits per heavy atom. The third kappa shape index (κ3) is 7.27. The van der Waals surface area contributed by atoms with E-state index >= 15 is 0 Å². The second kappa shape index (κ2) is 11.8. The zero-order valence-corrected chi connectivity index (χ0v) is 20.7. The molecule has 0 saturated carbocycles. The number of anilines is 1. The Morgan fingerprint density at radius 3 is 2.50 bits per heavy atom. The normalized spacial score (nSPS) is 12.9. The second-order valence-corrected chi connectivity index (χ2v) is 8.67. The van der Waals surface area contributed by atoms with E-state index in [2.05, 4.69) is 31.7 Å². The molecule has 2 aromatic rings. The van der Waals surface area contributed by atoms with Gasteiger partial charge in [0.1, 0.15) is 23.7 Å². The molecule has 0 fully saturated rings. The zero-order valence-electron chi connectivity index (χ0n) is 20.7. The average Bonchev–Trinajstić information content (AvgIpc) is 2.86. The van der Waals surface area contributed by atoms with Crippen molar-refractivity contribution in [2.24, 2.45) is 4.99 Å². The number of nitrogens with zero attached hydrogens (tertiary/aromatic N) is 5. The van der Waals surface area contributed by atoms with Crippen LogP contribution in [0.25, 0.3) is 11.3 Å². The number of carbonyl (C=O) groups excluding carboxylic acids is 2. The van der Waals surface area contributed by atoms with E-state index in [0.29, 0.717) is 41.7 Å². The second-order valence-electron chi connectivity index (χ2n) is 8.67. The fourth-order valence-corrected chi connectivity index (χ4v) is 3.08. The van der Waals surface area contributed by atoms with E-state index in [1.165, 1.54) is 11.1 Å². The van der Waals surface area contributed by atoms with Gasteiger partial charge in [0, 0.05) is 31.0 Å². The first-order valence-electron chi connectivity index (χ1n) is 11.4. The van der Waals surface area contributed by atoms with Crippen LogP contribution in [0.4, 0.5) is 10.7 Å². The Labute approximate surface area is 209 Å². The Morgan fingerprint density at radius 1 is 1.17 bits per heavy atom. The van der Waals surface area contributed by atoms with E-state index < -0.39 is 17.7 Å². The monoisotopic (exact) mass is 491 g/mol. The van der Waals surface area contributed by atoms with Crippen LogP contribution >= 0.6 is 0 Å². The van der Waals surface area contributed by atoms with Gasteiger partial charge in [-0.15, -0.1) is 0 Å². The van der Waals surface area contributed by atoms with Gasteiger partial charge in [0.15, 0.2) is 0 Å². The third-order valence-electron chi connectivity index (χ3n) is 4.72. The van der Waals surface area contributed by atoms with Crippen LogP contribution in [0.3, 0.4) is 0 Å². The molecule has 0 atom stereocenters. The van der Waals surface area contributed by atoms with Gasteiger partial charge in [0.05, 0.1) is 23.9 Å². The summed E-state index contributed by atoms with van der Waals surface area (Å²) in [6, 6.07) is 8.84. The number of aliphatic imine (C=N–C) groups is 1. The molecule has 11 heteroatoms. The molecule has 1 aliphatic heterocycles. The highest BCUT2D eigenvalue weighted by Crippen LogP contribution is 2.23. The molecule has 2 heterocycles. The van der Waals surface area contributed by atoms with Crippen molar-refractivity contribution < 1.29 is 19.1 Å². The maximum atomic E-state index is 12.4. The molecule has 1 aromatic heterocycles. The van der Waals surface area contributed by atoms with Crippen LogP contribution in [0.15, 0.2) is 47.7 Å². The number of hydrogen-bond acceptors (Lipinski definition) is 10. The fourth-order valence-electron chi connectivity index (χ4n) is 3.08. The van der Waals surface area contributed by atoms with Crippen LogP contribution < -0.4 is 10.6 Å². The van der Waals surface area contributed by atoms with Gasteiger partial charge in [-0.2, -0.15) is 5.26 Å². The molecule has 2 N–H and O–H groups in total. The van der Waals surface area contributed by atoms with E-state index in [-0.39, 0.29) is 18.8 Å². The first-order valence-corrected chi connectivity index (χ1v) is 11.4. The predicted octanol–water partition coefficient (Wildman–Crippen LogP) is 3.31. The van der Waals surface area contributed by atoms with E-state index in [1.54, 1.807) is 43.5 Å². The minimum absolute atomic E-state index is 0.160. The maximum Gasteiger partial charge on any atom is 0.415 e. The molecule has 0 saturated heterocycles. The molecule has 1 aromatic carbocycles. The van der Waals surface area contributed by atoms with Gasteiger partial charge in [0.25, 0.3) is 0 Å². The lowest BCUT2D eigenvalue weighted by Crippen LogP contribution is -2.37. The van der Waals surface area contributed by atoms with Gasteiger partial charge >= 0.3 is 12.1 Å². The van der Waals surface area contributed by atoms with Gasteiger partial charge in [0.2, 0.25) is 5.95 Å². The fraction of sp³-hybridized carbons (Fsp3) is 0.360. The summed E-state index contributed by atoms with van der Waals surface area (Å²) in [5.41, 5.74) is 1.24. The standard InChI is InChI=1S/C25H29N7O4/c1-5-35-22(33)19-15-29-23(31-21(19)18-8-6-17(14-26)7-9-18)28-12-11-27-20-10-13-32(16-30-20)24(34)36-25(2,3)4/h6-10,13,15H,5,11-12,16H2,1-4H3,(H,27,30)(H,28,29,31). The molecule has 36 heavy (non-hydrogen) atoms. The lowest BCUT2D eigenvalue weighted by atomic mass is 10.1. The van der Waals surface area contributed by atoms with Crippen LogP contribution in [0.2, 0.25) is 0 Å². The molecule has 11 nitrogen and oxygen atoms in total. The topological polar surface area (TPSA) is 142 Å². The number of benzene rings is 1. The van der Waals surface area contributed by atoms with E-state index in [0.717, 1.165) is 0 Å². The number of aromatic nitrogens is 2. The smallest absolute Gasteiger partial charge is 0.415 e. The number of carbonyl (C=O) groups is 2. The Hall–Kier alpha value is -4.46. The molecule has 3 rings (SSSR count). The Bertz CT molecular complexity index is 1190. The highest BCUT2D eigenvalue weighted by Gasteiger charge is 2.22. The summed E-state index contributed by atoms with van der Waals surface area (Å²) >= 11 is 0. The van der Waals surface area contributed by atoms with Crippen LogP contribution in [0, 0.1) is 11.3 Å². The van der Waals surface area contributed by atoms with E-state index in [1.807, 2.05) is 20.8 Å². The summed E-state index contributed by atoms with van der Waals surface area (Å²) in [4.78, 5) is 39.0. The molecule has 0 bridgehead atoms. The molecule has 1 amide bonds. The molecule has 188 valence electrons. The quantitative estimate of drug-likeness (QED) is 0.440. The minimum Gasteiger partial charge on any atom is -0.462 e. The summed E-state index contributed by atoms with van der Waals surface area (Å²) in [5.74, 6) is 0.447. The van der Waals surface area contributed by atoms with Crippen LogP contribution in [0.1, 0.15) is 43.6 Å². The minimum atomic E-state index is -0.574. The number of hydrogen-bond donors (Lipinski definition) is 2. The number of esters is 1. The molecular formula is C25H29N7O4. The molecule has 0 spiro atoms. The summed E-state index contributed by atoms with van der Waals surface area (Å²) in [6.45, 7) is 8.51. The van der Waals surface area contributed by atoms with Gasteiger partial charge in [-0.25, -0.2) is 24.5 Å². The average molecular weight is 492 g/mol. The number of amidine groups is 1. The van der Waals surface area contributed by atoms with Crippen LogP contribution in [-0.2, 0) is 9.47 Å². The largest absolute Gasteiger partial charge is 0.462 e. The van der Waals surface area contributed by atoms with Gasteiger partial charge in [-0.1, -0.05) is 12.1 Å². The van der Waals surface area contributed by atoms with E-state index in [4.69, 9.17) is 14.7 Å². The van der Waals surface area contributed by atoms with Crippen molar-refractivity contribution in [2.45, 2.75) is 33.3 Å². The lowest BCUT2D eigenvalue weighted by molar-refractivity contribution is 0.0337. The van der Waals surface area contributed by atoms with Crippen molar-refractivity contribution in [3.63, 3.8) is 0 Å². The first kappa shape index (κ1) is 26.2. The van der Waals surface area contributed by atoms with Crippen LogP contribution in [0.5, 0.6) is 0 Å². The maximum absolute atomic E-state index is 12.4. The Balaban J connectivity index is 1.59. The highest BCUT2D eigenvalue weighted by atomic mass is 16.6. The van der Waals surface area contributed by atoms with Crippen molar-refractivity contribution in [3.8, 4) is 17.3 Å². The summed E-state index contributed by atoms with van der Waals surface area (Å²) < 4.78 is 10.5.